The van der Waals surface area contributed by atoms with Gasteiger partial charge in [-0.25, -0.2) is 4.98 Å². The smallest absolute Gasteiger partial charge is 0.449 e. The first-order valence-electron chi connectivity index (χ1n) is 5.71. The lowest BCUT2D eigenvalue weighted by Crippen LogP contribution is -2.11. The van der Waals surface area contributed by atoms with Gasteiger partial charge in [-0.2, -0.15) is 13.2 Å². The molecule has 0 unspecified atom stereocenters. The van der Waals surface area contributed by atoms with Crippen LogP contribution in [0.1, 0.15) is 5.82 Å². The molecule has 0 aliphatic carbocycles. The molecule has 2 heterocycles. The molecular weight excluding hydrogens is 325 g/mol. The molecule has 21 heavy (non-hydrogen) atoms. The summed E-state index contributed by atoms with van der Waals surface area (Å²) in [5, 5.41) is 1.06. The van der Waals surface area contributed by atoms with Crippen molar-refractivity contribution in [3.8, 4) is 11.5 Å². The first kappa shape index (κ1) is 14.1. The van der Waals surface area contributed by atoms with E-state index in [-0.39, 0.29) is 16.1 Å². The van der Waals surface area contributed by atoms with Crippen molar-refractivity contribution in [3.63, 3.8) is 0 Å². The Morgan fingerprint density at radius 2 is 2.00 bits per heavy atom. The Kier molecular flexibility index (Phi) is 3.26. The van der Waals surface area contributed by atoms with Gasteiger partial charge in [0.1, 0.15) is 4.64 Å². The summed E-state index contributed by atoms with van der Waals surface area (Å²) in [5.41, 5.74) is 0.494. The molecule has 3 nitrogen and oxygen atoms in total. The zero-order chi connectivity index (χ0) is 15.2. The molecule has 0 aliphatic rings. The van der Waals surface area contributed by atoms with Gasteiger partial charge < -0.3 is 9.40 Å². The third-order valence-electron chi connectivity index (χ3n) is 2.77. The highest BCUT2D eigenvalue weighted by molar-refractivity contribution is 7.71. The number of alkyl halides is 3. The second kappa shape index (κ2) is 4.85. The number of para-hydroxylation sites is 1. The zero-order valence-electron chi connectivity index (χ0n) is 10.2. The lowest BCUT2D eigenvalue weighted by atomic mass is 10.2. The maximum atomic E-state index is 12.7. The molecule has 0 aliphatic heterocycles. The SMILES string of the molecule is FC(F)(F)c1nc(=S)cc(-c2cc3cccc(Cl)c3o2)[nH]1. The number of aromatic amines is 1. The molecule has 0 fully saturated rings. The highest BCUT2D eigenvalue weighted by Gasteiger charge is 2.34. The van der Waals surface area contributed by atoms with Gasteiger partial charge in [0.15, 0.2) is 11.3 Å². The summed E-state index contributed by atoms with van der Waals surface area (Å²) < 4.78 is 43.5. The predicted molar refractivity (Wildman–Crippen MR) is 74.6 cm³/mol. The lowest BCUT2D eigenvalue weighted by molar-refractivity contribution is -0.145. The highest BCUT2D eigenvalue weighted by atomic mass is 35.5. The van der Waals surface area contributed by atoms with E-state index in [9.17, 15) is 13.2 Å². The molecule has 0 saturated carbocycles. The fourth-order valence-corrected chi connectivity index (χ4v) is 2.31. The molecule has 0 atom stereocenters. The van der Waals surface area contributed by atoms with Crippen LogP contribution in [0.3, 0.4) is 0 Å². The average molecular weight is 331 g/mol. The first-order chi connectivity index (χ1) is 9.84. The molecule has 0 radical (unpaired) electrons. The standard InChI is InChI=1S/C13H6ClF3N2OS/c14-7-3-1-2-6-4-9(20-11(6)7)8-5-10(21)19-12(18-8)13(15,16)17/h1-5H,(H,18,19,21). The van der Waals surface area contributed by atoms with Gasteiger partial charge in [0.2, 0.25) is 5.82 Å². The minimum absolute atomic E-state index is 0.0922. The van der Waals surface area contributed by atoms with Crippen LogP contribution in [0.2, 0.25) is 5.02 Å². The number of H-pyrrole nitrogens is 1. The fraction of sp³-hybridized carbons (Fsp3) is 0.0769. The van der Waals surface area contributed by atoms with Gasteiger partial charge >= 0.3 is 6.18 Å². The average Bonchev–Trinajstić information content (AvgIpc) is 2.82. The van der Waals surface area contributed by atoms with Crippen LogP contribution in [0.4, 0.5) is 13.2 Å². The summed E-state index contributed by atoms with van der Waals surface area (Å²) in [4.78, 5) is 5.45. The molecule has 0 saturated heterocycles. The van der Waals surface area contributed by atoms with Gasteiger partial charge in [-0.15, -0.1) is 0 Å². The van der Waals surface area contributed by atoms with Gasteiger partial charge in [-0.05, 0) is 12.1 Å². The topological polar surface area (TPSA) is 41.8 Å². The summed E-state index contributed by atoms with van der Waals surface area (Å²) in [6.07, 6.45) is -4.62. The monoisotopic (exact) mass is 330 g/mol. The molecule has 3 rings (SSSR count). The maximum Gasteiger partial charge on any atom is 0.449 e. The normalized spacial score (nSPS) is 12.0. The van der Waals surface area contributed by atoms with Gasteiger partial charge in [0, 0.05) is 11.5 Å². The van der Waals surface area contributed by atoms with E-state index in [1.165, 1.54) is 6.07 Å². The van der Waals surface area contributed by atoms with E-state index in [0.29, 0.717) is 16.0 Å². The highest BCUT2D eigenvalue weighted by Crippen LogP contribution is 2.33. The number of fused-ring (bicyclic) bond motifs is 1. The molecule has 3 aromatic rings. The second-order valence-electron chi connectivity index (χ2n) is 4.25. The summed E-state index contributed by atoms with van der Waals surface area (Å²) in [6.45, 7) is 0. The number of nitrogens with one attached hydrogen (secondary N) is 1. The van der Waals surface area contributed by atoms with Crippen molar-refractivity contribution < 1.29 is 17.6 Å². The molecule has 0 bridgehead atoms. The number of rotatable bonds is 1. The van der Waals surface area contributed by atoms with Crippen LogP contribution in [0.15, 0.2) is 34.7 Å². The minimum Gasteiger partial charge on any atom is -0.453 e. The number of aromatic nitrogens is 2. The van der Waals surface area contributed by atoms with Crippen molar-refractivity contribution in [1.29, 1.82) is 0 Å². The molecular formula is C13H6ClF3N2OS. The van der Waals surface area contributed by atoms with Crippen molar-refractivity contribution in [3.05, 3.63) is 45.8 Å². The Morgan fingerprint density at radius 3 is 2.67 bits per heavy atom. The Morgan fingerprint density at radius 1 is 1.24 bits per heavy atom. The number of halogens is 4. The van der Waals surface area contributed by atoms with Gasteiger partial charge in [0.25, 0.3) is 0 Å². The number of benzene rings is 1. The summed E-state index contributed by atoms with van der Waals surface area (Å²) in [5.74, 6) is -0.964. The molecule has 0 amide bonds. The van der Waals surface area contributed by atoms with Crippen LogP contribution in [-0.4, -0.2) is 9.97 Å². The Labute approximate surface area is 126 Å². The summed E-state index contributed by atoms with van der Waals surface area (Å²) in [7, 11) is 0. The number of nitrogens with zero attached hydrogens (tertiary/aromatic N) is 1. The van der Waals surface area contributed by atoms with Crippen LogP contribution in [0, 0.1) is 4.64 Å². The second-order valence-corrected chi connectivity index (χ2v) is 5.07. The first-order valence-corrected chi connectivity index (χ1v) is 6.50. The fourth-order valence-electron chi connectivity index (χ4n) is 1.88. The van der Waals surface area contributed by atoms with Crippen LogP contribution in [0.25, 0.3) is 22.4 Å². The predicted octanol–water partition coefficient (Wildman–Crippen LogP) is 5.22. The molecule has 1 aromatic carbocycles. The zero-order valence-corrected chi connectivity index (χ0v) is 11.7. The number of hydrogen-bond acceptors (Lipinski definition) is 3. The minimum atomic E-state index is -4.62. The third-order valence-corrected chi connectivity index (χ3v) is 3.28. The van der Waals surface area contributed by atoms with Crippen molar-refractivity contribution in [1.82, 2.24) is 9.97 Å². The number of furan rings is 1. The molecule has 8 heteroatoms. The molecule has 108 valence electrons. The molecule has 0 spiro atoms. The summed E-state index contributed by atoms with van der Waals surface area (Å²) >= 11 is 10.7. The van der Waals surface area contributed by atoms with Crippen LogP contribution in [-0.2, 0) is 6.18 Å². The quantitative estimate of drug-likeness (QED) is 0.622. The van der Waals surface area contributed by atoms with Gasteiger partial charge in [-0.1, -0.05) is 36.0 Å². The lowest BCUT2D eigenvalue weighted by Gasteiger charge is -2.06. The Balaban J connectivity index is 2.21. The van der Waals surface area contributed by atoms with E-state index in [1.807, 2.05) is 0 Å². The van der Waals surface area contributed by atoms with Crippen LogP contribution in [0.5, 0.6) is 0 Å². The van der Waals surface area contributed by atoms with E-state index in [1.54, 1.807) is 24.3 Å². The van der Waals surface area contributed by atoms with E-state index in [4.69, 9.17) is 28.2 Å². The largest absolute Gasteiger partial charge is 0.453 e. The van der Waals surface area contributed by atoms with Crippen LogP contribution < -0.4 is 0 Å². The van der Waals surface area contributed by atoms with E-state index >= 15 is 0 Å². The molecule has 2 aromatic heterocycles. The van der Waals surface area contributed by atoms with E-state index < -0.39 is 12.0 Å². The Hall–Kier alpha value is -1.86. The Bertz CT molecular complexity index is 885. The van der Waals surface area contributed by atoms with Crippen molar-refractivity contribution in [2.24, 2.45) is 0 Å². The maximum absolute atomic E-state index is 12.7. The van der Waals surface area contributed by atoms with Gasteiger partial charge in [-0.3, -0.25) is 0 Å². The van der Waals surface area contributed by atoms with E-state index in [0.717, 1.165) is 0 Å². The number of hydrogen-bond donors (Lipinski definition) is 1. The van der Waals surface area contributed by atoms with Crippen molar-refractivity contribution in [2.75, 3.05) is 0 Å². The van der Waals surface area contributed by atoms with Crippen LogP contribution >= 0.6 is 23.8 Å². The third kappa shape index (κ3) is 2.66. The van der Waals surface area contributed by atoms with Crippen molar-refractivity contribution in [2.45, 2.75) is 6.18 Å². The van der Waals surface area contributed by atoms with Crippen molar-refractivity contribution >= 4 is 34.8 Å². The molecule has 1 N–H and O–H groups in total. The van der Waals surface area contributed by atoms with E-state index in [2.05, 4.69) is 9.97 Å². The summed E-state index contributed by atoms with van der Waals surface area (Å²) in [6, 6.07) is 7.99. The van der Waals surface area contributed by atoms with Gasteiger partial charge in [0.05, 0.1) is 10.7 Å².